The lowest BCUT2D eigenvalue weighted by Gasteiger charge is -2.50. The second-order valence-electron chi connectivity index (χ2n) is 6.12. The minimum atomic E-state index is -0.162. The maximum absolute atomic E-state index is 6.24. The second kappa shape index (κ2) is 7.34. The molecule has 0 rings (SSSR count). The molecule has 0 aromatic heterocycles. The molecule has 0 heterocycles. The summed E-state index contributed by atoms with van der Waals surface area (Å²) >= 11 is 0. The van der Waals surface area contributed by atoms with Crippen LogP contribution in [0.15, 0.2) is 0 Å². The maximum Gasteiger partial charge on any atom is 0.0154 e. The lowest BCUT2D eigenvalue weighted by Crippen LogP contribution is -2.54. The van der Waals surface area contributed by atoms with Gasteiger partial charge >= 0.3 is 0 Å². The van der Waals surface area contributed by atoms with Crippen molar-refractivity contribution in [1.82, 2.24) is 0 Å². The van der Waals surface area contributed by atoms with Gasteiger partial charge in [0, 0.05) is 5.54 Å². The van der Waals surface area contributed by atoms with Crippen LogP contribution in [0.4, 0.5) is 0 Å². The van der Waals surface area contributed by atoms with Gasteiger partial charge in [-0.25, -0.2) is 0 Å². The first-order chi connectivity index (χ1) is 6.06. The summed E-state index contributed by atoms with van der Waals surface area (Å²) in [7, 11) is 0. The van der Waals surface area contributed by atoms with E-state index in [1.165, 1.54) is 0 Å². The van der Waals surface area contributed by atoms with Gasteiger partial charge in [-0.2, -0.15) is 0 Å². The van der Waals surface area contributed by atoms with Gasteiger partial charge in [0.25, 0.3) is 0 Å². The van der Waals surface area contributed by atoms with Gasteiger partial charge in [-0.15, -0.1) is 34.0 Å². The highest BCUT2D eigenvalue weighted by Crippen LogP contribution is 2.47. The van der Waals surface area contributed by atoms with E-state index in [1.54, 1.807) is 0 Å². The van der Waals surface area contributed by atoms with Crippen LogP contribution in [0.1, 0.15) is 54.4 Å². The van der Waals surface area contributed by atoms with E-state index in [0.29, 0.717) is 0 Å². The molecule has 2 nitrogen and oxygen atoms in total. The first-order valence-corrected chi connectivity index (χ1v) is 5.55. The molecule has 0 bridgehead atoms. The van der Waals surface area contributed by atoms with Gasteiger partial charge in [0.2, 0.25) is 0 Å². The topological polar surface area (TPSA) is 52.0 Å². The average Bonchev–Trinajstić information content (AvgIpc) is 1.98. The summed E-state index contributed by atoms with van der Waals surface area (Å²) in [5.74, 6) is 0. The van der Waals surface area contributed by atoms with E-state index in [2.05, 4.69) is 41.5 Å². The molecule has 0 radical (unpaired) electrons. The Bertz CT molecular complexity index is 184. The molecule has 0 aromatic carbocycles. The van der Waals surface area contributed by atoms with Crippen molar-refractivity contribution in [1.29, 1.82) is 0 Å². The molecule has 0 aliphatic heterocycles. The summed E-state index contributed by atoms with van der Waals surface area (Å²) in [5.41, 5.74) is 12.0. The molecule has 16 heavy (non-hydrogen) atoms. The Balaban J connectivity index is -0.000000845. The molecule has 0 fully saturated rings. The molecule has 0 atom stereocenters. The van der Waals surface area contributed by atoms with E-state index >= 15 is 0 Å². The molecule has 0 saturated carbocycles. The van der Waals surface area contributed by atoms with Crippen molar-refractivity contribution in [2.24, 2.45) is 22.3 Å². The molecule has 4 heteroatoms. The Morgan fingerprint density at radius 3 is 1.50 bits per heavy atom. The highest BCUT2D eigenvalue weighted by molar-refractivity contribution is 8.93. The molecule has 0 unspecified atom stereocenters. The van der Waals surface area contributed by atoms with Crippen LogP contribution in [-0.4, -0.2) is 12.1 Å². The van der Waals surface area contributed by atoms with Crippen LogP contribution in [-0.2, 0) is 0 Å². The number of hydrogen-bond acceptors (Lipinski definition) is 2. The lowest BCUT2D eigenvalue weighted by atomic mass is 9.57. The van der Waals surface area contributed by atoms with E-state index in [-0.39, 0.29) is 50.3 Å². The fourth-order valence-electron chi connectivity index (χ4n) is 1.73. The SMILES string of the molecule is Br.Br.CC(C)(N)C(C)(C)C(C)(C)CCCN. The fourth-order valence-corrected chi connectivity index (χ4v) is 1.73. The van der Waals surface area contributed by atoms with Crippen LogP contribution in [0, 0.1) is 10.8 Å². The molecular formula is C12H30Br2N2. The fraction of sp³-hybridized carbons (Fsp3) is 1.00. The predicted molar refractivity (Wildman–Crippen MR) is 84.8 cm³/mol. The van der Waals surface area contributed by atoms with E-state index < -0.39 is 0 Å². The molecule has 0 saturated heterocycles. The number of halogens is 2. The number of nitrogens with two attached hydrogens (primary N) is 2. The van der Waals surface area contributed by atoms with Crippen molar-refractivity contribution >= 4 is 34.0 Å². The monoisotopic (exact) mass is 360 g/mol. The van der Waals surface area contributed by atoms with Crippen LogP contribution in [0.5, 0.6) is 0 Å². The number of rotatable bonds is 5. The Morgan fingerprint density at radius 2 is 1.25 bits per heavy atom. The van der Waals surface area contributed by atoms with Gasteiger partial charge < -0.3 is 11.5 Å². The maximum atomic E-state index is 6.24. The third-order valence-corrected chi connectivity index (χ3v) is 4.31. The first kappa shape index (κ1) is 22.1. The van der Waals surface area contributed by atoms with Gasteiger partial charge in [-0.05, 0) is 44.1 Å². The van der Waals surface area contributed by atoms with E-state index in [9.17, 15) is 0 Å². The van der Waals surface area contributed by atoms with Crippen LogP contribution in [0.2, 0.25) is 0 Å². The van der Waals surface area contributed by atoms with Crippen molar-refractivity contribution in [3.63, 3.8) is 0 Å². The molecule has 4 N–H and O–H groups in total. The zero-order valence-corrected chi connectivity index (χ0v) is 15.0. The van der Waals surface area contributed by atoms with Crippen molar-refractivity contribution < 1.29 is 0 Å². The molecular weight excluding hydrogens is 332 g/mol. The zero-order chi connectivity index (χ0) is 11.6. The van der Waals surface area contributed by atoms with Crippen molar-refractivity contribution in [2.75, 3.05) is 6.54 Å². The summed E-state index contributed by atoms with van der Waals surface area (Å²) in [6.45, 7) is 14.1. The van der Waals surface area contributed by atoms with Crippen molar-refractivity contribution in [3.05, 3.63) is 0 Å². The molecule has 0 amide bonds. The largest absolute Gasteiger partial charge is 0.330 e. The van der Waals surface area contributed by atoms with Gasteiger partial charge in [0.05, 0.1) is 0 Å². The summed E-state index contributed by atoms with van der Waals surface area (Å²) in [4.78, 5) is 0. The first-order valence-electron chi connectivity index (χ1n) is 5.55. The molecule has 0 aliphatic rings. The summed E-state index contributed by atoms with van der Waals surface area (Å²) in [5, 5.41) is 0. The van der Waals surface area contributed by atoms with Crippen LogP contribution in [0.25, 0.3) is 0 Å². The van der Waals surface area contributed by atoms with Crippen LogP contribution in [0.3, 0.4) is 0 Å². The van der Waals surface area contributed by atoms with Crippen molar-refractivity contribution in [3.8, 4) is 0 Å². The molecule has 0 aromatic rings. The van der Waals surface area contributed by atoms with E-state index in [4.69, 9.17) is 11.5 Å². The standard InChI is InChI=1S/C12H28N2.2BrH/c1-10(2,8-7-9-13)11(3,4)12(5,6)14;;/h7-9,13-14H2,1-6H3;2*1H. The quantitative estimate of drug-likeness (QED) is 0.784. The van der Waals surface area contributed by atoms with Gasteiger partial charge in [-0.3, -0.25) is 0 Å². The lowest BCUT2D eigenvalue weighted by molar-refractivity contribution is 0.0269. The number of hydrogen-bond donors (Lipinski definition) is 2. The van der Waals surface area contributed by atoms with Crippen LogP contribution < -0.4 is 11.5 Å². The van der Waals surface area contributed by atoms with Gasteiger partial charge in [0.15, 0.2) is 0 Å². The Labute approximate surface area is 122 Å². The molecule has 0 aliphatic carbocycles. The summed E-state index contributed by atoms with van der Waals surface area (Å²) in [6.07, 6.45) is 2.21. The Morgan fingerprint density at radius 1 is 0.875 bits per heavy atom. The third-order valence-electron chi connectivity index (χ3n) is 4.31. The molecule has 0 spiro atoms. The minimum absolute atomic E-state index is 0. The average molecular weight is 362 g/mol. The predicted octanol–water partition coefficient (Wildman–Crippen LogP) is 3.67. The molecule has 102 valence electrons. The van der Waals surface area contributed by atoms with Crippen molar-refractivity contribution in [2.45, 2.75) is 59.9 Å². The van der Waals surface area contributed by atoms with Gasteiger partial charge in [-0.1, -0.05) is 27.7 Å². The van der Waals surface area contributed by atoms with Gasteiger partial charge in [0.1, 0.15) is 0 Å². The zero-order valence-electron chi connectivity index (χ0n) is 11.6. The van der Waals surface area contributed by atoms with E-state index in [0.717, 1.165) is 19.4 Å². The smallest absolute Gasteiger partial charge is 0.0154 e. The third kappa shape index (κ3) is 5.03. The highest BCUT2D eigenvalue weighted by Gasteiger charge is 2.45. The van der Waals surface area contributed by atoms with Crippen LogP contribution >= 0.6 is 34.0 Å². The Kier molecular flexibility index (Phi) is 10.1. The Hall–Kier alpha value is 0.880. The summed E-state index contributed by atoms with van der Waals surface area (Å²) in [6, 6.07) is 0. The second-order valence-corrected chi connectivity index (χ2v) is 6.12. The minimum Gasteiger partial charge on any atom is -0.330 e. The highest BCUT2D eigenvalue weighted by atomic mass is 79.9. The normalized spacial score (nSPS) is 12.8. The van der Waals surface area contributed by atoms with E-state index in [1.807, 2.05) is 0 Å². The summed E-state index contributed by atoms with van der Waals surface area (Å²) < 4.78 is 0.